The van der Waals surface area contributed by atoms with Gasteiger partial charge in [-0.3, -0.25) is 4.90 Å². The van der Waals surface area contributed by atoms with E-state index in [0.29, 0.717) is 19.8 Å². The first-order valence-electron chi connectivity index (χ1n) is 9.40. The summed E-state index contributed by atoms with van der Waals surface area (Å²) in [5, 5.41) is 10.4. The van der Waals surface area contributed by atoms with Crippen LogP contribution >= 0.6 is 0 Å². The van der Waals surface area contributed by atoms with Crippen LogP contribution in [0.15, 0.2) is 42.5 Å². The molecule has 0 saturated carbocycles. The molecule has 2 atom stereocenters. The summed E-state index contributed by atoms with van der Waals surface area (Å²) < 4.78 is 30.3. The van der Waals surface area contributed by atoms with Gasteiger partial charge in [-0.25, -0.2) is 4.39 Å². The number of halogens is 1. The molecule has 4 rings (SSSR count). The molecule has 1 saturated heterocycles. The highest BCUT2D eigenvalue weighted by molar-refractivity contribution is 5.44. The minimum atomic E-state index is -0.692. The fourth-order valence-electron chi connectivity index (χ4n) is 3.76. The average Bonchev–Trinajstić information content (AvgIpc) is 3.15. The van der Waals surface area contributed by atoms with Gasteiger partial charge >= 0.3 is 0 Å². The molecule has 0 spiro atoms. The average molecular weight is 373 g/mol. The van der Waals surface area contributed by atoms with Crippen LogP contribution in [-0.4, -0.2) is 49.0 Å². The van der Waals surface area contributed by atoms with Crippen LogP contribution in [0, 0.1) is 5.82 Å². The van der Waals surface area contributed by atoms with E-state index in [9.17, 15) is 9.50 Å². The van der Waals surface area contributed by atoms with Crippen LogP contribution in [0.5, 0.6) is 17.2 Å². The van der Waals surface area contributed by atoms with Gasteiger partial charge in [0.25, 0.3) is 0 Å². The zero-order valence-corrected chi connectivity index (χ0v) is 15.1. The fourth-order valence-corrected chi connectivity index (χ4v) is 3.76. The minimum Gasteiger partial charge on any atom is -0.488 e. The van der Waals surface area contributed by atoms with E-state index in [1.165, 1.54) is 11.6 Å². The van der Waals surface area contributed by atoms with Gasteiger partial charge in [0, 0.05) is 12.6 Å². The summed E-state index contributed by atoms with van der Waals surface area (Å²) in [4.78, 5) is 2.25. The number of aliphatic hydroxyl groups is 1. The van der Waals surface area contributed by atoms with Crippen molar-refractivity contribution in [2.75, 3.05) is 32.9 Å². The number of hydrogen-bond acceptors (Lipinski definition) is 5. The Morgan fingerprint density at radius 1 is 1.15 bits per heavy atom. The van der Waals surface area contributed by atoms with Crippen molar-refractivity contribution in [1.29, 1.82) is 0 Å². The largest absolute Gasteiger partial charge is 0.488 e. The molecule has 2 aromatic rings. The van der Waals surface area contributed by atoms with Gasteiger partial charge in [0.1, 0.15) is 25.9 Å². The molecule has 144 valence electrons. The van der Waals surface area contributed by atoms with Crippen LogP contribution in [0.2, 0.25) is 0 Å². The summed E-state index contributed by atoms with van der Waals surface area (Å²) in [6.45, 7) is 2.60. The molecular formula is C21H24FNO4. The zero-order chi connectivity index (χ0) is 18.6. The Balaban J connectivity index is 1.37. The monoisotopic (exact) mass is 373 g/mol. The fraction of sp³-hybridized carbons (Fsp3) is 0.429. The lowest BCUT2D eigenvalue weighted by Gasteiger charge is -2.28. The molecule has 0 amide bonds. The van der Waals surface area contributed by atoms with Crippen molar-refractivity contribution in [3.63, 3.8) is 0 Å². The van der Waals surface area contributed by atoms with E-state index < -0.39 is 11.9 Å². The third-order valence-electron chi connectivity index (χ3n) is 5.03. The molecule has 1 N–H and O–H groups in total. The predicted octanol–water partition coefficient (Wildman–Crippen LogP) is 3.17. The summed E-state index contributed by atoms with van der Waals surface area (Å²) in [5.74, 6) is 1.32. The van der Waals surface area contributed by atoms with E-state index in [4.69, 9.17) is 14.2 Å². The first-order chi connectivity index (χ1) is 13.2. The minimum absolute atomic E-state index is 0.0608. The van der Waals surface area contributed by atoms with Crippen molar-refractivity contribution in [3.8, 4) is 17.2 Å². The van der Waals surface area contributed by atoms with E-state index in [1.807, 2.05) is 12.1 Å². The zero-order valence-electron chi connectivity index (χ0n) is 15.1. The standard InChI is InChI=1S/C21H24FNO4/c22-17-4-1-2-6-19(17)27-14-16(24)13-23-9-3-5-18(23)15-7-8-20-21(12-15)26-11-10-25-20/h1-2,4,6-8,12,16,18,24H,3,5,9-11,13-14H2. The molecule has 2 aliphatic heterocycles. The highest BCUT2D eigenvalue weighted by atomic mass is 19.1. The second kappa shape index (κ2) is 8.15. The lowest BCUT2D eigenvalue weighted by molar-refractivity contribution is 0.0624. The van der Waals surface area contributed by atoms with Crippen molar-refractivity contribution in [1.82, 2.24) is 4.90 Å². The van der Waals surface area contributed by atoms with Gasteiger partial charge in [0.05, 0.1) is 0 Å². The number of benzene rings is 2. The van der Waals surface area contributed by atoms with Crippen molar-refractivity contribution < 1.29 is 23.7 Å². The van der Waals surface area contributed by atoms with Crippen LogP contribution in [-0.2, 0) is 0 Å². The van der Waals surface area contributed by atoms with Gasteiger partial charge in [-0.2, -0.15) is 0 Å². The Bertz CT molecular complexity index is 785. The molecule has 5 nitrogen and oxygen atoms in total. The molecule has 0 aliphatic carbocycles. The van der Waals surface area contributed by atoms with Gasteiger partial charge in [-0.15, -0.1) is 0 Å². The lowest BCUT2D eigenvalue weighted by atomic mass is 10.0. The second-order valence-corrected chi connectivity index (χ2v) is 6.95. The van der Waals surface area contributed by atoms with E-state index in [2.05, 4.69) is 11.0 Å². The second-order valence-electron chi connectivity index (χ2n) is 6.95. The molecule has 2 heterocycles. The van der Waals surface area contributed by atoms with Gasteiger partial charge in [0.15, 0.2) is 23.1 Å². The maximum Gasteiger partial charge on any atom is 0.165 e. The number of nitrogens with zero attached hydrogens (tertiary/aromatic N) is 1. The first-order valence-corrected chi connectivity index (χ1v) is 9.40. The maximum absolute atomic E-state index is 13.6. The molecule has 2 aromatic carbocycles. The number of aliphatic hydroxyl groups excluding tert-OH is 1. The molecule has 2 aliphatic rings. The van der Waals surface area contributed by atoms with Gasteiger partial charge < -0.3 is 19.3 Å². The third-order valence-corrected chi connectivity index (χ3v) is 5.03. The number of β-amino-alcohol motifs (C(OH)–C–C–N with tert-alkyl or cyclic N) is 1. The van der Waals surface area contributed by atoms with Crippen molar-refractivity contribution >= 4 is 0 Å². The predicted molar refractivity (Wildman–Crippen MR) is 98.9 cm³/mol. The number of para-hydroxylation sites is 1. The summed E-state index contributed by atoms with van der Waals surface area (Å²) in [6, 6.07) is 12.5. The Morgan fingerprint density at radius 2 is 1.96 bits per heavy atom. The maximum atomic E-state index is 13.6. The van der Waals surface area contributed by atoms with Crippen molar-refractivity contribution in [2.45, 2.75) is 25.0 Å². The van der Waals surface area contributed by atoms with E-state index in [0.717, 1.165) is 30.9 Å². The van der Waals surface area contributed by atoms with E-state index in [1.54, 1.807) is 18.2 Å². The summed E-state index contributed by atoms with van der Waals surface area (Å²) >= 11 is 0. The number of rotatable bonds is 6. The molecule has 6 heteroatoms. The van der Waals surface area contributed by atoms with Crippen molar-refractivity contribution in [2.24, 2.45) is 0 Å². The van der Waals surface area contributed by atoms with Crippen LogP contribution in [0.25, 0.3) is 0 Å². The number of likely N-dealkylation sites (tertiary alicyclic amines) is 1. The first kappa shape index (κ1) is 18.1. The molecular weight excluding hydrogens is 349 g/mol. The van der Waals surface area contributed by atoms with Gasteiger partial charge in [-0.1, -0.05) is 18.2 Å². The molecule has 0 aromatic heterocycles. The topological polar surface area (TPSA) is 51.2 Å². The van der Waals surface area contributed by atoms with Crippen molar-refractivity contribution in [3.05, 3.63) is 53.8 Å². The van der Waals surface area contributed by atoms with Gasteiger partial charge in [0.2, 0.25) is 0 Å². The van der Waals surface area contributed by atoms with Crippen LogP contribution in [0.1, 0.15) is 24.4 Å². The Morgan fingerprint density at radius 3 is 2.81 bits per heavy atom. The van der Waals surface area contributed by atoms with E-state index >= 15 is 0 Å². The van der Waals surface area contributed by atoms with Crippen LogP contribution in [0.4, 0.5) is 4.39 Å². The molecule has 2 unspecified atom stereocenters. The normalized spacial score (nSPS) is 20.4. The SMILES string of the molecule is OC(COc1ccccc1F)CN1CCCC1c1ccc2c(c1)OCCO2. The quantitative estimate of drug-likeness (QED) is 0.843. The molecule has 0 radical (unpaired) electrons. The molecule has 0 bridgehead atoms. The summed E-state index contributed by atoms with van der Waals surface area (Å²) in [7, 11) is 0. The lowest BCUT2D eigenvalue weighted by Crippen LogP contribution is -2.35. The van der Waals surface area contributed by atoms with Crippen LogP contribution in [0.3, 0.4) is 0 Å². The highest BCUT2D eigenvalue weighted by Crippen LogP contribution is 2.38. The Hall–Kier alpha value is -2.31. The summed E-state index contributed by atoms with van der Waals surface area (Å²) in [6.07, 6.45) is 1.41. The third kappa shape index (κ3) is 4.17. The number of fused-ring (bicyclic) bond motifs is 1. The smallest absolute Gasteiger partial charge is 0.165 e. The summed E-state index contributed by atoms with van der Waals surface area (Å²) in [5.41, 5.74) is 1.17. The molecule has 1 fully saturated rings. The Kier molecular flexibility index (Phi) is 5.45. The van der Waals surface area contributed by atoms with Gasteiger partial charge in [-0.05, 0) is 49.2 Å². The Labute approximate surface area is 158 Å². The molecule has 27 heavy (non-hydrogen) atoms. The number of ether oxygens (including phenoxy) is 3. The number of hydrogen-bond donors (Lipinski definition) is 1. The van der Waals surface area contributed by atoms with Crippen LogP contribution < -0.4 is 14.2 Å². The van der Waals surface area contributed by atoms with E-state index in [-0.39, 0.29) is 18.4 Å². The highest BCUT2D eigenvalue weighted by Gasteiger charge is 2.29.